The van der Waals surface area contributed by atoms with Crippen molar-refractivity contribution in [2.75, 3.05) is 11.9 Å². The number of ether oxygens (including phenoxy) is 2. The second-order valence-electron chi connectivity index (χ2n) is 7.18. The molecule has 0 fully saturated rings. The Balaban J connectivity index is 1.71. The van der Waals surface area contributed by atoms with Gasteiger partial charge in [0.15, 0.2) is 11.8 Å². The van der Waals surface area contributed by atoms with Crippen molar-refractivity contribution in [1.29, 1.82) is 0 Å². The van der Waals surface area contributed by atoms with Crippen molar-refractivity contribution >= 4 is 17.6 Å². The number of aryl methyl sites for hydroxylation is 3. The van der Waals surface area contributed by atoms with E-state index >= 15 is 0 Å². The van der Waals surface area contributed by atoms with Crippen LogP contribution in [0.2, 0.25) is 0 Å². The van der Waals surface area contributed by atoms with Crippen LogP contribution in [0, 0.1) is 20.8 Å². The molecule has 1 heterocycles. The summed E-state index contributed by atoms with van der Waals surface area (Å²) < 4.78 is 10.8. The first kappa shape index (κ1) is 22.0. The molecular weight excluding hydrogens is 396 g/mol. The highest BCUT2D eigenvalue weighted by Crippen LogP contribution is 2.24. The Labute approximate surface area is 181 Å². The molecule has 1 amide bonds. The fourth-order valence-electron chi connectivity index (χ4n) is 3.06. The lowest BCUT2D eigenvalue weighted by atomic mass is 10.1. The number of anilines is 1. The smallest absolute Gasteiger partial charge is 0.361 e. The van der Waals surface area contributed by atoms with Gasteiger partial charge in [0.25, 0.3) is 5.91 Å². The first-order valence-corrected chi connectivity index (χ1v) is 10.1. The highest BCUT2D eigenvalue weighted by molar-refractivity contribution is 5.97. The Hall–Kier alpha value is -3.68. The van der Waals surface area contributed by atoms with Crippen LogP contribution >= 0.6 is 0 Å². The lowest BCUT2D eigenvalue weighted by Gasteiger charge is -2.15. The van der Waals surface area contributed by atoms with Gasteiger partial charge in [-0.05, 0) is 58.4 Å². The number of rotatable bonds is 7. The van der Waals surface area contributed by atoms with E-state index in [0.717, 1.165) is 16.8 Å². The van der Waals surface area contributed by atoms with E-state index in [4.69, 9.17) is 9.47 Å². The van der Waals surface area contributed by atoms with Crippen LogP contribution in [0.5, 0.6) is 5.75 Å². The van der Waals surface area contributed by atoms with E-state index in [1.807, 2.05) is 45.0 Å². The molecule has 0 radical (unpaired) electrons. The number of hydrogen-bond donors (Lipinski definition) is 1. The van der Waals surface area contributed by atoms with Crippen LogP contribution < -0.4 is 10.1 Å². The summed E-state index contributed by atoms with van der Waals surface area (Å²) in [7, 11) is 0. The number of aromatic nitrogens is 3. The van der Waals surface area contributed by atoms with Gasteiger partial charge in [0.2, 0.25) is 0 Å². The summed E-state index contributed by atoms with van der Waals surface area (Å²) in [6, 6.07) is 12.9. The molecule has 31 heavy (non-hydrogen) atoms. The van der Waals surface area contributed by atoms with Gasteiger partial charge in [-0.2, -0.15) is 9.90 Å². The summed E-state index contributed by atoms with van der Waals surface area (Å²) in [5.74, 6) is -0.640. The molecule has 1 aromatic heterocycles. The third kappa shape index (κ3) is 5.09. The zero-order valence-electron chi connectivity index (χ0n) is 18.3. The number of benzene rings is 2. The third-order valence-corrected chi connectivity index (χ3v) is 4.64. The number of carbonyl (C=O) groups is 2. The molecule has 0 bridgehead atoms. The molecule has 0 unspecified atom stereocenters. The molecule has 0 aliphatic rings. The fourth-order valence-corrected chi connectivity index (χ4v) is 3.06. The summed E-state index contributed by atoms with van der Waals surface area (Å²) in [6.07, 6.45) is -1.03. The molecule has 0 aliphatic heterocycles. The van der Waals surface area contributed by atoms with Crippen LogP contribution in [-0.4, -0.2) is 39.6 Å². The number of carbonyl (C=O) groups excluding carboxylic acids is 2. The van der Waals surface area contributed by atoms with Crippen molar-refractivity contribution in [3.63, 3.8) is 0 Å². The largest absolute Gasteiger partial charge is 0.492 e. The number of hydrogen-bond acceptors (Lipinski definition) is 6. The molecule has 8 heteroatoms. The van der Waals surface area contributed by atoms with E-state index in [9.17, 15) is 9.59 Å². The van der Waals surface area contributed by atoms with Gasteiger partial charge in [0, 0.05) is 0 Å². The van der Waals surface area contributed by atoms with Crippen LogP contribution in [0.1, 0.15) is 41.2 Å². The van der Waals surface area contributed by atoms with Crippen molar-refractivity contribution in [1.82, 2.24) is 15.0 Å². The zero-order chi connectivity index (χ0) is 22.5. The van der Waals surface area contributed by atoms with Crippen molar-refractivity contribution in [3.05, 3.63) is 65.0 Å². The molecule has 8 nitrogen and oxygen atoms in total. The maximum atomic E-state index is 12.6. The minimum Gasteiger partial charge on any atom is -0.492 e. The Morgan fingerprint density at radius 1 is 1.10 bits per heavy atom. The molecule has 0 saturated carbocycles. The predicted molar refractivity (Wildman–Crippen MR) is 117 cm³/mol. The normalized spacial score (nSPS) is 11.6. The number of esters is 1. The molecule has 1 N–H and O–H groups in total. The van der Waals surface area contributed by atoms with Crippen molar-refractivity contribution < 1.29 is 19.1 Å². The molecule has 0 aliphatic carbocycles. The van der Waals surface area contributed by atoms with Crippen molar-refractivity contribution in [3.8, 4) is 11.4 Å². The van der Waals surface area contributed by atoms with Gasteiger partial charge in [0.1, 0.15) is 5.75 Å². The number of amides is 1. The van der Waals surface area contributed by atoms with E-state index < -0.39 is 18.0 Å². The lowest BCUT2D eigenvalue weighted by Crippen LogP contribution is -2.30. The average molecular weight is 422 g/mol. The van der Waals surface area contributed by atoms with Crippen LogP contribution in [0.4, 0.5) is 5.69 Å². The number of nitrogens with zero attached hydrogens (tertiary/aromatic N) is 3. The van der Waals surface area contributed by atoms with E-state index in [2.05, 4.69) is 15.5 Å². The van der Waals surface area contributed by atoms with Crippen LogP contribution in [0.25, 0.3) is 5.69 Å². The molecule has 0 spiro atoms. The first-order chi connectivity index (χ1) is 14.8. The molecule has 1 atom stereocenters. The maximum Gasteiger partial charge on any atom is 0.361 e. The Bertz CT molecular complexity index is 1110. The molecule has 162 valence electrons. The molecule has 0 saturated heterocycles. The average Bonchev–Trinajstić information content (AvgIpc) is 3.11. The Morgan fingerprint density at radius 2 is 1.84 bits per heavy atom. The zero-order valence-corrected chi connectivity index (χ0v) is 18.3. The number of para-hydroxylation sites is 2. The topological polar surface area (TPSA) is 95.3 Å². The quantitative estimate of drug-likeness (QED) is 0.582. The first-order valence-electron chi connectivity index (χ1n) is 10.1. The number of nitrogens with one attached hydrogen (secondary N) is 1. The van der Waals surface area contributed by atoms with Gasteiger partial charge in [-0.25, -0.2) is 4.79 Å². The van der Waals surface area contributed by atoms with E-state index in [1.54, 1.807) is 25.1 Å². The standard InChI is InChI=1S/C23H26N4O4/c1-6-30-20-10-8-7-9-18(20)24-22(28)17(5)31-23(29)21-16(4)25-27(26-21)19-12-11-14(2)13-15(19)3/h7-13,17H,6H2,1-5H3,(H,24,28)/t17-/m1/s1. The molecular formula is C23H26N4O4. The molecule has 3 aromatic rings. The highest BCUT2D eigenvalue weighted by atomic mass is 16.5. The van der Waals surface area contributed by atoms with Gasteiger partial charge < -0.3 is 14.8 Å². The molecule has 2 aromatic carbocycles. The summed E-state index contributed by atoms with van der Waals surface area (Å²) in [6.45, 7) is 9.45. The second kappa shape index (κ2) is 9.42. The minimum absolute atomic E-state index is 0.0642. The fraction of sp³-hybridized carbons (Fsp3) is 0.304. The van der Waals surface area contributed by atoms with Gasteiger partial charge in [0.05, 0.1) is 23.7 Å². The van der Waals surface area contributed by atoms with Gasteiger partial charge in [-0.15, -0.1) is 5.10 Å². The van der Waals surface area contributed by atoms with Gasteiger partial charge in [-0.3, -0.25) is 4.79 Å². The third-order valence-electron chi connectivity index (χ3n) is 4.64. The van der Waals surface area contributed by atoms with Crippen LogP contribution in [-0.2, 0) is 9.53 Å². The highest BCUT2D eigenvalue weighted by Gasteiger charge is 2.24. The van der Waals surface area contributed by atoms with Crippen LogP contribution in [0.15, 0.2) is 42.5 Å². The van der Waals surface area contributed by atoms with Gasteiger partial charge in [-0.1, -0.05) is 29.8 Å². The second-order valence-corrected chi connectivity index (χ2v) is 7.18. The van der Waals surface area contributed by atoms with Crippen molar-refractivity contribution in [2.45, 2.75) is 40.7 Å². The Kier molecular flexibility index (Phi) is 6.69. The van der Waals surface area contributed by atoms with Gasteiger partial charge >= 0.3 is 5.97 Å². The monoisotopic (exact) mass is 422 g/mol. The maximum absolute atomic E-state index is 12.6. The minimum atomic E-state index is -1.03. The van der Waals surface area contributed by atoms with E-state index in [-0.39, 0.29) is 5.69 Å². The lowest BCUT2D eigenvalue weighted by molar-refractivity contribution is -0.123. The van der Waals surface area contributed by atoms with E-state index in [0.29, 0.717) is 23.7 Å². The Morgan fingerprint density at radius 3 is 2.55 bits per heavy atom. The molecule has 3 rings (SSSR count). The SMILES string of the molecule is CCOc1ccccc1NC(=O)[C@@H](C)OC(=O)c1nn(-c2ccc(C)cc2C)nc1C. The summed E-state index contributed by atoms with van der Waals surface area (Å²) in [5, 5.41) is 11.3. The van der Waals surface area contributed by atoms with Crippen molar-refractivity contribution in [2.24, 2.45) is 0 Å². The van der Waals surface area contributed by atoms with Crippen LogP contribution in [0.3, 0.4) is 0 Å². The van der Waals surface area contributed by atoms with E-state index in [1.165, 1.54) is 11.7 Å². The summed E-state index contributed by atoms with van der Waals surface area (Å²) in [5.41, 5.74) is 3.86. The summed E-state index contributed by atoms with van der Waals surface area (Å²) >= 11 is 0. The predicted octanol–water partition coefficient (Wildman–Crippen LogP) is 3.78. The summed E-state index contributed by atoms with van der Waals surface area (Å²) in [4.78, 5) is 26.6.